The van der Waals surface area contributed by atoms with Gasteiger partial charge in [-0.25, -0.2) is 4.39 Å². The highest BCUT2D eigenvalue weighted by Gasteiger charge is 2.33. The van der Waals surface area contributed by atoms with Crippen molar-refractivity contribution in [2.24, 2.45) is 5.92 Å². The van der Waals surface area contributed by atoms with Crippen LogP contribution in [0.2, 0.25) is 0 Å². The average Bonchev–Trinajstić information content (AvgIpc) is 2.15. The number of hydrogen-bond donors (Lipinski definition) is 1. The molecule has 0 spiro atoms. The van der Waals surface area contributed by atoms with Gasteiger partial charge in [0.1, 0.15) is 5.82 Å². The molecule has 3 heteroatoms. The summed E-state index contributed by atoms with van der Waals surface area (Å²) in [5.74, 6) is -1.31. The highest BCUT2D eigenvalue weighted by molar-refractivity contribution is 5.76. The number of carboxylic acids is 1. The summed E-state index contributed by atoms with van der Waals surface area (Å²) in [6.07, 6.45) is 3.04. The molecule has 1 N–H and O–H groups in total. The van der Waals surface area contributed by atoms with Gasteiger partial charge < -0.3 is 5.11 Å². The van der Waals surface area contributed by atoms with E-state index < -0.39 is 11.9 Å². The molecule has 16 heavy (non-hydrogen) atoms. The minimum Gasteiger partial charge on any atom is -0.481 e. The van der Waals surface area contributed by atoms with Gasteiger partial charge in [-0.05, 0) is 42.9 Å². The predicted molar refractivity (Wildman–Crippen MR) is 58.9 cm³/mol. The van der Waals surface area contributed by atoms with Crippen LogP contribution in [0.3, 0.4) is 0 Å². The summed E-state index contributed by atoms with van der Waals surface area (Å²) in [7, 11) is 0. The third-order valence-corrected chi connectivity index (χ3v) is 3.43. The summed E-state index contributed by atoms with van der Waals surface area (Å²) in [5.41, 5.74) is 1.25. The minimum atomic E-state index is -0.796. The number of halogens is 1. The quantitative estimate of drug-likeness (QED) is 0.853. The first-order valence-electron chi connectivity index (χ1n) is 5.58. The Labute approximate surface area is 94.1 Å². The maximum atomic E-state index is 13.1. The largest absolute Gasteiger partial charge is 0.481 e. The van der Waals surface area contributed by atoms with Crippen molar-refractivity contribution >= 4 is 5.97 Å². The van der Waals surface area contributed by atoms with E-state index >= 15 is 0 Å². The maximum absolute atomic E-state index is 13.1. The Hall–Kier alpha value is -1.38. The molecule has 0 aromatic heterocycles. The smallest absolute Gasteiger partial charge is 0.311 e. The van der Waals surface area contributed by atoms with Gasteiger partial charge >= 0.3 is 5.97 Å². The van der Waals surface area contributed by atoms with Gasteiger partial charge in [-0.15, -0.1) is 0 Å². The average molecular weight is 222 g/mol. The fraction of sp³-hybridized carbons (Fsp3) is 0.462. The molecule has 0 amide bonds. The molecule has 1 aliphatic rings. The van der Waals surface area contributed by atoms with Crippen LogP contribution in [0.5, 0.6) is 0 Å². The minimum absolute atomic E-state index is 0.224. The Kier molecular flexibility index (Phi) is 2.95. The molecule has 0 saturated heterocycles. The maximum Gasteiger partial charge on any atom is 0.311 e. The Bertz CT molecular complexity index is 410. The van der Waals surface area contributed by atoms with Crippen molar-refractivity contribution in [1.29, 1.82) is 0 Å². The molecule has 1 saturated carbocycles. The summed E-state index contributed by atoms with van der Waals surface area (Å²) in [4.78, 5) is 11.2. The number of hydrogen-bond acceptors (Lipinski definition) is 1. The second kappa shape index (κ2) is 4.24. The van der Waals surface area contributed by atoms with Crippen molar-refractivity contribution < 1.29 is 14.3 Å². The van der Waals surface area contributed by atoms with Crippen LogP contribution in [0.15, 0.2) is 18.2 Å². The summed E-state index contributed by atoms with van der Waals surface area (Å²) in [6.45, 7) is 1.67. The van der Waals surface area contributed by atoms with Gasteiger partial charge in [0, 0.05) is 0 Å². The zero-order chi connectivity index (χ0) is 11.7. The molecule has 0 bridgehead atoms. The Morgan fingerprint density at radius 2 is 2.19 bits per heavy atom. The molecule has 1 aromatic rings. The lowest BCUT2D eigenvalue weighted by molar-refractivity contribution is -0.141. The van der Waals surface area contributed by atoms with E-state index in [0.29, 0.717) is 5.56 Å². The van der Waals surface area contributed by atoms with Crippen LogP contribution >= 0.6 is 0 Å². The van der Waals surface area contributed by atoms with Gasteiger partial charge in [-0.1, -0.05) is 18.6 Å². The Morgan fingerprint density at radius 1 is 1.50 bits per heavy atom. The molecule has 0 heterocycles. The van der Waals surface area contributed by atoms with Gasteiger partial charge in [0.05, 0.1) is 5.92 Å². The lowest BCUT2D eigenvalue weighted by atomic mass is 9.73. The first-order chi connectivity index (χ1) is 7.59. The highest BCUT2D eigenvalue weighted by atomic mass is 19.1. The van der Waals surface area contributed by atoms with Gasteiger partial charge in [0.15, 0.2) is 0 Å². The standard InChI is InChI=1S/C13H15FO2/c1-8-7-10(5-6-11(8)14)12(13(15)16)9-3-2-4-9/h5-7,9,12H,2-4H2,1H3,(H,15,16). The lowest BCUT2D eigenvalue weighted by Crippen LogP contribution is -2.26. The summed E-state index contributed by atoms with van der Waals surface area (Å²) in [5, 5.41) is 9.23. The molecule has 1 atom stereocenters. The molecular weight excluding hydrogens is 207 g/mol. The van der Waals surface area contributed by atoms with E-state index in [1.165, 1.54) is 6.07 Å². The first kappa shape index (κ1) is 11.1. The molecule has 2 rings (SSSR count). The number of aliphatic carboxylic acids is 1. The van der Waals surface area contributed by atoms with Gasteiger partial charge in [-0.3, -0.25) is 4.79 Å². The summed E-state index contributed by atoms with van der Waals surface area (Å²) >= 11 is 0. The lowest BCUT2D eigenvalue weighted by Gasteiger charge is -2.31. The third-order valence-electron chi connectivity index (χ3n) is 3.43. The Morgan fingerprint density at radius 3 is 2.62 bits per heavy atom. The molecule has 1 aromatic carbocycles. The molecule has 2 nitrogen and oxygen atoms in total. The van der Waals surface area contributed by atoms with Crippen molar-refractivity contribution in [2.75, 3.05) is 0 Å². The van der Waals surface area contributed by atoms with Crippen LogP contribution in [0, 0.1) is 18.7 Å². The molecule has 0 radical (unpaired) electrons. The number of carbonyl (C=O) groups is 1. The number of carboxylic acid groups (broad SMARTS) is 1. The van der Waals surface area contributed by atoms with Crippen molar-refractivity contribution in [3.8, 4) is 0 Å². The van der Waals surface area contributed by atoms with Gasteiger partial charge in [0.2, 0.25) is 0 Å². The van der Waals surface area contributed by atoms with E-state index in [1.54, 1.807) is 19.1 Å². The van der Waals surface area contributed by atoms with Gasteiger partial charge in [0.25, 0.3) is 0 Å². The summed E-state index contributed by atoms with van der Waals surface area (Å²) in [6, 6.07) is 4.62. The topological polar surface area (TPSA) is 37.3 Å². The van der Waals surface area contributed by atoms with E-state index in [-0.39, 0.29) is 11.7 Å². The third kappa shape index (κ3) is 1.94. The molecular formula is C13H15FO2. The molecule has 1 fully saturated rings. The molecule has 86 valence electrons. The zero-order valence-corrected chi connectivity index (χ0v) is 9.24. The van der Waals surface area contributed by atoms with E-state index in [2.05, 4.69) is 0 Å². The van der Waals surface area contributed by atoms with E-state index in [4.69, 9.17) is 0 Å². The van der Waals surface area contributed by atoms with Crippen LogP contribution in [-0.4, -0.2) is 11.1 Å². The number of benzene rings is 1. The highest BCUT2D eigenvalue weighted by Crippen LogP contribution is 2.39. The predicted octanol–water partition coefficient (Wildman–Crippen LogP) is 3.10. The second-order valence-electron chi connectivity index (χ2n) is 4.52. The number of rotatable bonds is 3. The van der Waals surface area contributed by atoms with Crippen molar-refractivity contribution in [3.63, 3.8) is 0 Å². The number of aryl methyl sites for hydroxylation is 1. The fourth-order valence-electron chi connectivity index (χ4n) is 2.25. The SMILES string of the molecule is Cc1cc(C(C(=O)O)C2CCC2)ccc1F. The van der Waals surface area contributed by atoms with E-state index in [9.17, 15) is 14.3 Å². The fourth-order valence-corrected chi connectivity index (χ4v) is 2.25. The van der Waals surface area contributed by atoms with Crippen molar-refractivity contribution in [2.45, 2.75) is 32.1 Å². The first-order valence-corrected chi connectivity index (χ1v) is 5.58. The van der Waals surface area contributed by atoms with Crippen LogP contribution in [0.1, 0.15) is 36.3 Å². The second-order valence-corrected chi connectivity index (χ2v) is 4.52. The van der Waals surface area contributed by atoms with Gasteiger partial charge in [-0.2, -0.15) is 0 Å². The zero-order valence-electron chi connectivity index (χ0n) is 9.24. The van der Waals surface area contributed by atoms with Crippen molar-refractivity contribution in [1.82, 2.24) is 0 Å². The van der Waals surface area contributed by atoms with Crippen LogP contribution in [0.25, 0.3) is 0 Å². The molecule has 1 aliphatic carbocycles. The van der Waals surface area contributed by atoms with Crippen molar-refractivity contribution in [3.05, 3.63) is 35.1 Å². The molecule has 1 unspecified atom stereocenters. The van der Waals surface area contributed by atoms with Crippen LogP contribution in [0.4, 0.5) is 4.39 Å². The normalized spacial score (nSPS) is 17.9. The van der Waals surface area contributed by atoms with Crippen LogP contribution in [-0.2, 0) is 4.79 Å². The van der Waals surface area contributed by atoms with E-state index in [0.717, 1.165) is 24.8 Å². The Balaban J connectivity index is 2.31. The molecule has 0 aliphatic heterocycles. The summed E-state index contributed by atoms with van der Waals surface area (Å²) < 4.78 is 13.1. The van der Waals surface area contributed by atoms with Crippen LogP contribution < -0.4 is 0 Å². The monoisotopic (exact) mass is 222 g/mol. The van der Waals surface area contributed by atoms with E-state index in [1.807, 2.05) is 0 Å².